The highest BCUT2D eigenvalue weighted by molar-refractivity contribution is 5.83. The van der Waals surface area contributed by atoms with Gasteiger partial charge in [-0.15, -0.1) is 0 Å². The number of hydrogen-bond acceptors (Lipinski definition) is 5. The highest BCUT2D eigenvalue weighted by atomic mass is 16.1. The molecule has 3 N–H and O–H groups in total. The van der Waals surface area contributed by atoms with Gasteiger partial charge in [0.15, 0.2) is 5.52 Å². The van der Waals surface area contributed by atoms with Gasteiger partial charge in [0.05, 0.1) is 17.4 Å². The monoisotopic (exact) mass is 323 g/mol. The average molecular weight is 323 g/mol. The minimum atomic E-state index is -0.204. The van der Waals surface area contributed by atoms with Crippen molar-refractivity contribution in [3.05, 3.63) is 40.4 Å². The Morgan fingerprint density at radius 3 is 3.04 bits per heavy atom. The molecule has 24 heavy (non-hydrogen) atoms. The van der Waals surface area contributed by atoms with E-state index in [4.69, 9.17) is 0 Å². The predicted octanol–water partition coefficient (Wildman–Crippen LogP) is 2.23. The van der Waals surface area contributed by atoms with E-state index in [2.05, 4.69) is 37.5 Å². The summed E-state index contributed by atoms with van der Waals surface area (Å²) in [5, 5.41) is 15.5. The van der Waals surface area contributed by atoms with E-state index in [0.717, 1.165) is 35.1 Å². The van der Waals surface area contributed by atoms with E-state index in [-0.39, 0.29) is 5.56 Å². The van der Waals surface area contributed by atoms with Gasteiger partial charge in [-0.25, -0.2) is 4.98 Å². The molecule has 0 atom stereocenters. The zero-order valence-corrected chi connectivity index (χ0v) is 13.4. The number of nitrogens with zero attached hydrogens (tertiary/aromatic N) is 4. The topological polar surface area (TPSA) is 104 Å². The van der Waals surface area contributed by atoms with Gasteiger partial charge in [0.1, 0.15) is 5.52 Å². The summed E-state index contributed by atoms with van der Waals surface area (Å²) in [6.07, 6.45) is 3.48. The van der Waals surface area contributed by atoms with Gasteiger partial charge < -0.3 is 5.32 Å². The Hall–Kier alpha value is -3.16. The van der Waals surface area contributed by atoms with Crippen molar-refractivity contribution in [3.63, 3.8) is 0 Å². The number of H-pyrrole nitrogens is 2. The summed E-state index contributed by atoms with van der Waals surface area (Å²) in [5.41, 5.74) is 3.56. The number of aryl methyl sites for hydroxylation is 2. The number of aromatic amines is 2. The molecule has 4 rings (SSSR count). The molecule has 0 aliphatic carbocycles. The van der Waals surface area contributed by atoms with Crippen LogP contribution in [0.5, 0.6) is 0 Å². The van der Waals surface area contributed by atoms with Gasteiger partial charge in [-0.1, -0.05) is 13.3 Å². The van der Waals surface area contributed by atoms with Crippen LogP contribution in [-0.4, -0.2) is 29.9 Å². The van der Waals surface area contributed by atoms with Gasteiger partial charge in [0.2, 0.25) is 5.95 Å². The molecule has 8 nitrogen and oxygen atoms in total. The van der Waals surface area contributed by atoms with Gasteiger partial charge in [0.25, 0.3) is 5.56 Å². The van der Waals surface area contributed by atoms with Crippen molar-refractivity contribution in [1.82, 2.24) is 29.9 Å². The van der Waals surface area contributed by atoms with Crippen molar-refractivity contribution in [3.8, 4) is 0 Å². The summed E-state index contributed by atoms with van der Waals surface area (Å²) < 4.78 is 1.59. The van der Waals surface area contributed by atoms with E-state index in [1.807, 2.05) is 18.2 Å². The van der Waals surface area contributed by atoms with Crippen LogP contribution in [0.25, 0.3) is 21.9 Å². The summed E-state index contributed by atoms with van der Waals surface area (Å²) in [6, 6.07) is 5.77. The number of benzene rings is 1. The molecule has 0 bridgehead atoms. The summed E-state index contributed by atoms with van der Waals surface area (Å²) in [4.78, 5) is 19.7. The molecule has 1 aromatic carbocycles. The molecule has 3 heterocycles. The van der Waals surface area contributed by atoms with E-state index in [0.29, 0.717) is 17.0 Å². The minimum Gasteiger partial charge on any atom is -0.326 e. The van der Waals surface area contributed by atoms with Crippen molar-refractivity contribution in [2.24, 2.45) is 7.05 Å². The normalized spacial score (nSPS) is 11.4. The molecular formula is C16H17N7O. The molecule has 122 valence electrons. The second-order valence-electron chi connectivity index (χ2n) is 5.73. The fourth-order valence-electron chi connectivity index (χ4n) is 2.87. The second-order valence-corrected chi connectivity index (χ2v) is 5.73. The fraction of sp³-hybridized carbons (Fsp3) is 0.250. The van der Waals surface area contributed by atoms with E-state index in [9.17, 15) is 4.79 Å². The first-order valence-electron chi connectivity index (χ1n) is 7.81. The van der Waals surface area contributed by atoms with Crippen molar-refractivity contribution in [1.29, 1.82) is 0 Å². The second kappa shape index (κ2) is 5.48. The van der Waals surface area contributed by atoms with Gasteiger partial charge in [-0.2, -0.15) is 10.2 Å². The Labute approximate surface area is 136 Å². The molecule has 0 aliphatic heterocycles. The van der Waals surface area contributed by atoms with Gasteiger partial charge >= 0.3 is 0 Å². The third-order valence-electron chi connectivity index (χ3n) is 3.95. The van der Waals surface area contributed by atoms with Crippen LogP contribution in [0.3, 0.4) is 0 Å². The zero-order chi connectivity index (χ0) is 16.7. The maximum Gasteiger partial charge on any atom is 0.278 e. The largest absolute Gasteiger partial charge is 0.326 e. The van der Waals surface area contributed by atoms with Crippen molar-refractivity contribution >= 4 is 33.6 Å². The predicted molar refractivity (Wildman–Crippen MR) is 92.5 cm³/mol. The maximum atomic E-state index is 12.4. The molecule has 3 aromatic heterocycles. The first kappa shape index (κ1) is 14.4. The van der Waals surface area contributed by atoms with E-state index in [1.54, 1.807) is 17.9 Å². The fourth-order valence-corrected chi connectivity index (χ4v) is 2.87. The van der Waals surface area contributed by atoms with Crippen molar-refractivity contribution in [2.75, 3.05) is 5.32 Å². The third-order valence-corrected chi connectivity index (χ3v) is 3.95. The van der Waals surface area contributed by atoms with Gasteiger partial charge in [0, 0.05) is 18.1 Å². The van der Waals surface area contributed by atoms with Gasteiger partial charge in [-0.3, -0.25) is 19.6 Å². The Kier molecular flexibility index (Phi) is 3.30. The van der Waals surface area contributed by atoms with Gasteiger partial charge in [-0.05, 0) is 24.6 Å². The summed E-state index contributed by atoms with van der Waals surface area (Å²) in [7, 11) is 1.76. The first-order valence-corrected chi connectivity index (χ1v) is 7.81. The lowest BCUT2D eigenvalue weighted by Crippen LogP contribution is -2.13. The van der Waals surface area contributed by atoms with Crippen LogP contribution in [0.15, 0.2) is 29.2 Å². The molecule has 0 saturated carbocycles. The van der Waals surface area contributed by atoms with Crippen LogP contribution in [0.2, 0.25) is 0 Å². The average Bonchev–Trinajstić information content (AvgIpc) is 3.12. The zero-order valence-electron chi connectivity index (χ0n) is 13.4. The van der Waals surface area contributed by atoms with Crippen LogP contribution in [-0.2, 0) is 13.5 Å². The molecule has 4 aromatic rings. The van der Waals surface area contributed by atoms with Crippen LogP contribution in [0.4, 0.5) is 11.6 Å². The number of nitrogens with one attached hydrogen (secondary N) is 3. The Balaban J connectivity index is 1.78. The number of rotatable bonds is 4. The molecule has 0 unspecified atom stereocenters. The van der Waals surface area contributed by atoms with Crippen molar-refractivity contribution in [2.45, 2.75) is 19.8 Å². The molecule has 0 fully saturated rings. The summed E-state index contributed by atoms with van der Waals surface area (Å²) >= 11 is 0. The molecule has 8 heteroatoms. The number of aromatic nitrogens is 6. The highest BCUT2D eigenvalue weighted by Gasteiger charge is 2.14. The lowest BCUT2D eigenvalue weighted by molar-refractivity contribution is 0.751. The lowest BCUT2D eigenvalue weighted by atomic mass is 10.2. The lowest BCUT2D eigenvalue weighted by Gasteiger charge is -2.06. The standard InChI is InChI=1S/C16H17N7O/c1-3-4-12-13-14(23(2)22-12)15(24)20-16(19-13)18-10-5-6-11-9(7-10)8-17-21-11/h5-8H,3-4H2,1-2H3,(H,17,21)(H2,18,19,20,24). The number of fused-ring (bicyclic) bond motifs is 2. The van der Waals surface area contributed by atoms with Crippen LogP contribution < -0.4 is 10.9 Å². The van der Waals surface area contributed by atoms with Crippen LogP contribution >= 0.6 is 0 Å². The summed E-state index contributed by atoms with van der Waals surface area (Å²) in [6.45, 7) is 2.08. The summed E-state index contributed by atoms with van der Waals surface area (Å²) in [5.74, 6) is 0.403. The molecule has 0 aliphatic rings. The maximum absolute atomic E-state index is 12.4. The molecule has 0 radical (unpaired) electrons. The molecular weight excluding hydrogens is 306 g/mol. The Morgan fingerprint density at radius 1 is 1.33 bits per heavy atom. The smallest absolute Gasteiger partial charge is 0.278 e. The van der Waals surface area contributed by atoms with Crippen LogP contribution in [0, 0.1) is 0 Å². The number of hydrogen-bond donors (Lipinski definition) is 3. The first-order chi connectivity index (χ1) is 11.7. The van der Waals surface area contributed by atoms with Crippen LogP contribution in [0.1, 0.15) is 19.0 Å². The van der Waals surface area contributed by atoms with E-state index < -0.39 is 0 Å². The molecule has 0 saturated heterocycles. The Bertz CT molecular complexity index is 1090. The third kappa shape index (κ3) is 2.32. The quantitative estimate of drug-likeness (QED) is 0.534. The molecule has 0 amide bonds. The van der Waals surface area contributed by atoms with E-state index in [1.165, 1.54) is 0 Å². The van der Waals surface area contributed by atoms with Crippen molar-refractivity contribution < 1.29 is 0 Å². The number of anilines is 2. The molecule has 0 spiro atoms. The highest BCUT2D eigenvalue weighted by Crippen LogP contribution is 2.20. The van der Waals surface area contributed by atoms with E-state index >= 15 is 0 Å². The Morgan fingerprint density at radius 2 is 2.21 bits per heavy atom. The SMILES string of the molecule is CCCc1nn(C)c2c(=O)[nH]c(Nc3ccc4[nH]ncc4c3)nc12. The minimum absolute atomic E-state index is 0.204.